The van der Waals surface area contributed by atoms with Crippen molar-refractivity contribution in [1.82, 2.24) is 10.6 Å². The van der Waals surface area contributed by atoms with Gasteiger partial charge in [-0.1, -0.05) is 18.2 Å². The van der Waals surface area contributed by atoms with E-state index in [1.54, 1.807) is 0 Å². The number of carboxylic acid groups (broad SMARTS) is 1. The summed E-state index contributed by atoms with van der Waals surface area (Å²) in [4.78, 5) is 33.4. The zero-order valence-corrected chi connectivity index (χ0v) is 10.8. The van der Waals surface area contributed by atoms with Gasteiger partial charge in [0.15, 0.2) is 0 Å². The standard InChI is InChI=1S/C13H16N2O4/c1-8-4-3-5-9(2)12(8)13(19)15-6-10(16)14-7-11(17)18/h3-5H,6-7H2,1-2H3,(H,14,16)(H,15,19)(H,17,18). The fraction of sp³-hybridized carbons (Fsp3) is 0.308. The molecule has 102 valence electrons. The molecule has 0 bridgehead atoms. The quantitative estimate of drug-likeness (QED) is 0.709. The number of carbonyl (C=O) groups is 3. The van der Waals surface area contributed by atoms with Crippen LogP contribution in [0, 0.1) is 13.8 Å². The van der Waals surface area contributed by atoms with E-state index in [1.165, 1.54) is 0 Å². The average Bonchev–Trinajstić information content (AvgIpc) is 2.33. The summed E-state index contributed by atoms with van der Waals surface area (Å²) in [6.45, 7) is 2.91. The van der Waals surface area contributed by atoms with Crippen LogP contribution in [0.5, 0.6) is 0 Å². The zero-order chi connectivity index (χ0) is 14.4. The number of hydrogen-bond acceptors (Lipinski definition) is 3. The maximum atomic E-state index is 11.9. The van der Waals surface area contributed by atoms with Gasteiger partial charge in [-0.3, -0.25) is 14.4 Å². The van der Waals surface area contributed by atoms with Crippen LogP contribution in [0.2, 0.25) is 0 Å². The minimum absolute atomic E-state index is 0.250. The van der Waals surface area contributed by atoms with Crippen LogP contribution in [0.4, 0.5) is 0 Å². The zero-order valence-electron chi connectivity index (χ0n) is 10.8. The Balaban J connectivity index is 2.56. The van der Waals surface area contributed by atoms with Gasteiger partial charge in [0, 0.05) is 5.56 Å². The highest BCUT2D eigenvalue weighted by atomic mass is 16.4. The second-order valence-electron chi connectivity index (χ2n) is 4.12. The van der Waals surface area contributed by atoms with Crippen molar-refractivity contribution in [3.63, 3.8) is 0 Å². The molecule has 3 N–H and O–H groups in total. The summed E-state index contributed by atoms with van der Waals surface area (Å²) in [6, 6.07) is 5.47. The number of carbonyl (C=O) groups excluding carboxylic acids is 2. The lowest BCUT2D eigenvalue weighted by atomic mass is 10.0. The third-order valence-corrected chi connectivity index (χ3v) is 2.55. The van der Waals surface area contributed by atoms with Crippen molar-refractivity contribution in [2.75, 3.05) is 13.1 Å². The number of rotatable bonds is 5. The lowest BCUT2D eigenvalue weighted by molar-refractivity contribution is -0.137. The Hall–Kier alpha value is -2.37. The highest BCUT2D eigenvalue weighted by Gasteiger charge is 2.12. The number of hydrogen-bond donors (Lipinski definition) is 3. The van der Waals surface area contributed by atoms with Gasteiger partial charge in [-0.05, 0) is 25.0 Å². The van der Waals surface area contributed by atoms with E-state index in [0.29, 0.717) is 5.56 Å². The van der Waals surface area contributed by atoms with Gasteiger partial charge in [0.25, 0.3) is 5.91 Å². The summed E-state index contributed by atoms with van der Waals surface area (Å²) in [5.41, 5.74) is 2.18. The molecule has 0 aliphatic heterocycles. The molecule has 0 heterocycles. The number of nitrogens with one attached hydrogen (secondary N) is 2. The normalized spacial score (nSPS) is 9.79. The van der Waals surface area contributed by atoms with Crippen molar-refractivity contribution in [2.45, 2.75) is 13.8 Å². The van der Waals surface area contributed by atoms with Crippen LogP contribution < -0.4 is 10.6 Å². The fourth-order valence-electron chi connectivity index (χ4n) is 1.66. The first-order chi connectivity index (χ1) is 8.91. The van der Waals surface area contributed by atoms with E-state index in [-0.39, 0.29) is 12.5 Å². The molecule has 1 rings (SSSR count). The first-order valence-corrected chi connectivity index (χ1v) is 5.74. The van der Waals surface area contributed by atoms with Crippen molar-refractivity contribution in [3.8, 4) is 0 Å². The molecule has 0 radical (unpaired) electrons. The molecule has 0 fully saturated rings. The van der Waals surface area contributed by atoms with Gasteiger partial charge in [0.2, 0.25) is 5.91 Å². The summed E-state index contributed by atoms with van der Waals surface area (Å²) in [5.74, 6) is -2.02. The number of amides is 2. The minimum Gasteiger partial charge on any atom is -0.480 e. The van der Waals surface area contributed by atoms with Gasteiger partial charge in [0.1, 0.15) is 6.54 Å². The van der Waals surface area contributed by atoms with Crippen LogP contribution in [0.1, 0.15) is 21.5 Å². The molecule has 0 aliphatic rings. The number of aryl methyl sites for hydroxylation is 2. The van der Waals surface area contributed by atoms with Gasteiger partial charge in [0.05, 0.1) is 6.54 Å². The summed E-state index contributed by atoms with van der Waals surface area (Å²) in [6.07, 6.45) is 0. The molecule has 0 saturated carbocycles. The Morgan fingerprint density at radius 1 is 1.05 bits per heavy atom. The molecule has 6 nitrogen and oxygen atoms in total. The van der Waals surface area contributed by atoms with Crippen molar-refractivity contribution in [2.24, 2.45) is 0 Å². The molecule has 2 amide bonds. The van der Waals surface area contributed by atoms with Crippen LogP contribution in [-0.2, 0) is 9.59 Å². The minimum atomic E-state index is -1.13. The lowest BCUT2D eigenvalue weighted by Crippen LogP contribution is -2.39. The molecule has 1 aromatic carbocycles. The second-order valence-corrected chi connectivity index (χ2v) is 4.12. The van der Waals surface area contributed by atoms with E-state index in [4.69, 9.17) is 5.11 Å². The Morgan fingerprint density at radius 2 is 1.63 bits per heavy atom. The van der Waals surface area contributed by atoms with Crippen molar-refractivity contribution in [1.29, 1.82) is 0 Å². The maximum Gasteiger partial charge on any atom is 0.322 e. The van der Waals surface area contributed by atoms with Crippen LogP contribution in [0.3, 0.4) is 0 Å². The number of aliphatic carboxylic acids is 1. The Labute approximate surface area is 110 Å². The molecular weight excluding hydrogens is 248 g/mol. The third-order valence-electron chi connectivity index (χ3n) is 2.55. The molecule has 0 spiro atoms. The fourth-order valence-corrected chi connectivity index (χ4v) is 1.66. The average molecular weight is 264 g/mol. The van der Waals surface area contributed by atoms with E-state index < -0.39 is 18.4 Å². The number of benzene rings is 1. The van der Waals surface area contributed by atoms with E-state index in [9.17, 15) is 14.4 Å². The largest absolute Gasteiger partial charge is 0.480 e. The summed E-state index contributed by atoms with van der Waals surface area (Å²) in [5, 5.41) is 13.0. The molecule has 0 unspecified atom stereocenters. The van der Waals surface area contributed by atoms with Crippen LogP contribution in [-0.4, -0.2) is 36.0 Å². The van der Waals surface area contributed by atoms with Gasteiger partial charge in [-0.25, -0.2) is 0 Å². The highest BCUT2D eigenvalue weighted by molar-refractivity contribution is 5.99. The van der Waals surface area contributed by atoms with Crippen molar-refractivity contribution in [3.05, 3.63) is 34.9 Å². The van der Waals surface area contributed by atoms with Gasteiger partial charge in [-0.15, -0.1) is 0 Å². The predicted molar refractivity (Wildman–Crippen MR) is 68.9 cm³/mol. The summed E-state index contributed by atoms with van der Waals surface area (Å²) in [7, 11) is 0. The third kappa shape index (κ3) is 4.42. The molecule has 0 saturated heterocycles. The smallest absolute Gasteiger partial charge is 0.322 e. The second kappa shape index (κ2) is 6.53. The maximum absolute atomic E-state index is 11.9. The highest BCUT2D eigenvalue weighted by Crippen LogP contribution is 2.12. The van der Waals surface area contributed by atoms with Crippen LogP contribution in [0.15, 0.2) is 18.2 Å². The van der Waals surface area contributed by atoms with E-state index in [0.717, 1.165) is 11.1 Å². The molecule has 6 heteroatoms. The Kier molecular flexibility index (Phi) is 5.05. The Bertz CT molecular complexity index is 491. The monoisotopic (exact) mass is 264 g/mol. The first-order valence-electron chi connectivity index (χ1n) is 5.74. The van der Waals surface area contributed by atoms with Crippen molar-refractivity contribution >= 4 is 17.8 Å². The Morgan fingerprint density at radius 3 is 2.16 bits per heavy atom. The molecule has 0 aromatic heterocycles. The molecule has 19 heavy (non-hydrogen) atoms. The predicted octanol–water partition coefficient (Wildman–Crippen LogP) is 0.234. The summed E-state index contributed by atoms with van der Waals surface area (Å²) < 4.78 is 0. The van der Waals surface area contributed by atoms with Gasteiger partial charge in [-0.2, -0.15) is 0 Å². The molecule has 0 aliphatic carbocycles. The summed E-state index contributed by atoms with van der Waals surface area (Å²) >= 11 is 0. The molecule has 0 atom stereocenters. The van der Waals surface area contributed by atoms with E-state index in [2.05, 4.69) is 10.6 Å². The van der Waals surface area contributed by atoms with E-state index in [1.807, 2.05) is 32.0 Å². The van der Waals surface area contributed by atoms with Crippen LogP contribution >= 0.6 is 0 Å². The van der Waals surface area contributed by atoms with Crippen molar-refractivity contribution < 1.29 is 19.5 Å². The van der Waals surface area contributed by atoms with E-state index >= 15 is 0 Å². The number of carboxylic acids is 1. The van der Waals surface area contributed by atoms with Gasteiger partial charge >= 0.3 is 5.97 Å². The first kappa shape index (κ1) is 14.7. The topological polar surface area (TPSA) is 95.5 Å². The molecular formula is C13H16N2O4. The lowest BCUT2D eigenvalue weighted by Gasteiger charge is -2.10. The molecule has 1 aromatic rings. The SMILES string of the molecule is Cc1cccc(C)c1C(=O)NCC(=O)NCC(=O)O. The van der Waals surface area contributed by atoms with Crippen LogP contribution in [0.25, 0.3) is 0 Å². The van der Waals surface area contributed by atoms with Gasteiger partial charge < -0.3 is 15.7 Å².